The number of carbonyl (C=O) groups excluding carboxylic acids is 3. The number of amides is 1. The molecule has 2 aromatic carbocycles. The van der Waals surface area contributed by atoms with E-state index in [2.05, 4.69) is 38.0 Å². The van der Waals surface area contributed by atoms with Gasteiger partial charge in [0.1, 0.15) is 11.8 Å². The van der Waals surface area contributed by atoms with Crippen LogP contribution < -0.4 is 5.32 Å². The van der Waals surface area contributed by atoms with Gasteiger partial charge in [-0.1, -0.05) is 79.9 Å². The number of pyridine rings is 1. The Morgan fingerprint density at radius 1 is 1.00 bits per heavy atom. The molecule has 14 nitrogen and oxygen atoms in total. The topological polar surface area (TPSA) is 176 Å². The molecule has 1 aliphatic carbocycles. The van der Waals surface area contributed by atoms with Crippen molar-refractivity contribution in [3.05, 3.63) is 100 Å². The lowest BCUT2D eigenvalue weighted by molar-refractivity contribution is -0.169. The van der Waals surface area contributed by atoms with Gasteiger partial charge >= 0.3 is 12.1 Å². The molecule has 15 heteroatoms. The number of aromatic nitrogens is 7. The fourth-order valence-corrected chi connectivity index (χ4v) is 6.71. The van der Waals surface area contributed by atoms with Crippen molar-refractivity contribution < 1.29 is 28.6 Å². The SMILES string of the molecule is CCCc1cc(C(=O)N[C@@H](CC(=O)OC(C)OC(=O)OC2CCCCC2)Cc2ccccc2Cl)nn1Cc1ccc(-c2ccccc2-c2nnn[nH]2)nc1. The minimum Gasteiger partial charge on any atom is -0.431 e. The summed E-state index contributed by atoms with van der Waals surface area (Å²) in [6.45, 7) is 3.89. The number of ether oxygens (including phenoxy) is 3. The average Bonchev–Trinajstić information content (AvgIpc) is 3.84. The van der Waals surface area contributed by atoms with E-state index in [-0.39, 0.29) is 24.6 Å². The molecule has 0 bridgehead atoms. The van der Waals surface area contributed by atoms with Crippen molar-refractivity contribution in [2.45, 2.75) is 96.6 Å². The van der Waals surface area contributed by atoms with Gasteiger partial charge in [0, 0.05) is 41.0 Å². The molecule has 282 valence electrons. The number of halogens is 1. The quantitative estimate of drug-likeness (QED) is 0.0841. The van der Waals surface area contributed by atoms with Crippen LogP contribution in [0.3, 0.4) is 0 Å². The smallest absolute Gasteiger partial charge is 0.431 e. The van der Waals surface area contributed by atoms with Crippen molar-refractivity contribution in [1.29, 1.82) is 0 Å². The minimum absolute atomic E-state index is 0.194. The van der Waals surface area contributed by atoms with Gasteiger partial charge in [0.05, 0.1) is 18.7 Å². The summed E-state index contributed by atoms with van der Waals surface area (Å²) >= 11 is 6.46. The van der Waals surface area contributed by atoms with Crippen molar-refractivity contribution in [1.82, 2.24) is 40.7 Å². The van der Waals surface area contributed by atoms with E-state index in [1.807, 2.05) is 48.5 Å². The van der Waals surface area contributed by atoms with Crippen LogP contribution in [0.1, 0.15) is 86.1 Å². The molecule has 3 heterocycles. The zero-order valence-corrected chi connectivity index (χ0v) is 31.0. The molecule has 6 rings (SSSR count). The molecule has 54 heavy (non-hydrogen) atoms. The van der Waals surface area contributed by atoms with Gasteiger partial charge in [-0.15, -0.1) is 5.10 Å². The molecule has 2 atom stereocenters. The number of hydrogen-bond acceptors (Lipinski definition) is 11. The summed E-state index contributed by atoms with van der Waals surface area (Å²) < 4.78 is 17.8. The van der Waals surface area contributed by atoms with Crippen LogP contribution in [0.4, 0.5) is 4.79 Å². The van der Waals surface area contributed by atoms with E-state index >= 15 is 0 Å². The van der Waals surface area contributed by atoms with Gasteiger partial charge in [0.2, 0.25) is 6.29 Å². The average molecular weight is 755 g/mol. The second kappa shape index (κ2) is 18.4. The van der Waals surface area contributed by atoms with Crippen LogP contribution in [0.5, 0.6) is 0 Å². The van der Waals surface area contributed by atoms with Gasteiger partial charge in [0.25, 0.3) is 5.91 Å². The number of aromatic amines is 1. The molecule has 2 N–H and O–H groups in total. The highest BCUT2D eigenvalue weighted by atomic mass is 35.5. The Hall–Kier alpha value is -5.63. The standard InChI is InChI=1S/C39H43ClN8O6/c1-3-11-29-22-35(45-48(29)24-26-18-19-34(41-23-26)31-15-8-9-16-32(31)37-43-46-47-44-37)38(50)42-28(20-27-12-7-10-17-33(27)40)21-36(49)52-25(2)53-39(51)54-30-13-5-4-6-14-30/h7-10,12,15-19,22-23,25,28,30H,3-6,11,13-14,20-21,24H2,1-2H3,(H,42,50)(H,43,44,46,47)/t25?,28-/m1/s1. The van der Waals surface area contributed by atoms with Gasteiger partial charge in [-0.25, -0.2) is 9.89 Å². The molecule has 5 aromatic rings. The fraction of sp³-hybridized carbons (Fsp3) is 0.385. The number of nitrogens with one attached hydrogen (secondary N) is 2. The Bertz CT molecular complexity index is 2010. The van der Waals surface area contributed by atoms with Crippen molar-refractivity contribution >= 4 is 29.6 Å². The minimum atomic E-state index is -1.18. The van der Waals surface area contributed by atoms with Gasteiger partial charge in [0.15, 0.2) is 5.82 Å². The fourth-order valence-electron chi connectivity index (χ4n) is 6.50. The highest BCUT2D eigenvalue weighted by Gasteiger charge is 2.25. The number of rotatable bonds is 15. The third-order valence-electron chi connectivity index (χ3n) is 9.11. The van der Waals surface area contributed by atoms with Gasteiger partial charge in [-0.05, 0) is 78.3 Å². The van der Waals surface area contributed by atoms with Crippen LogP contribution in [0, 0.1) is 0 Å². The highest BCUT2D eigenvalue weighted by Crippen LogP contribution is 2.28. The van der Waals surface area contributed by atoms with Crippen LogP contribution >= 0.6 is 11.6 Å². The first-order valence-corrected chi connectivity index (χ1v) is 18.6. The Morgan fingerprint density at radius 3 is 2.50 bits per heavy atom. The first-order valence-electron chi connectivity index (χ1n) is 18.2. The number of esters is 1. The predicted molar refractivity (Wildman–Crippen MR) is 199 cm³/mol. The Kier molecular flexibility index (Phi) is 13.0. The Labute approximate surface area is 318 Å². The van der Waals surface area contributed by atoms with Crippen molar-refractivity contribution in [3.63, 3.8) is 0 Å². The maximum Gasteiger partial charge on any atom is 0.511 e. The van der Waals surface area contributed by atoms with E-state index in [1.54, 1.807) is 29.1 Å². The number of aryl methyl sites for hydroxylation is 1. The van der Waals surface area contributed by atoms with Crippen LogP contribution in [0.25, 0.3) is 22.6 Å². The zero-order chi connectivity index (χ0) is 37.9. The van der Waals surface area contributed by atoms with Crippen molar-refractivity contribution in [2.24, 2.45) is 0 Å². The largest absolute Gasteiger partial charge is 0.511 e. The monoisotopic (exact) mass is 754 g/mol. The molecule has 1 unspecified atom stereocenters. The molecule has 0 aliphatic heterocycles. The Balaban J connectivity index is 1.12. The third kappa shape index (κ3) is 10.3. The number of H-pyrrole nitrogens is 1. The normalized spacial score (nSPS) is 14.2. The van der Waals surface area contributed by atoms with Crippen LogP contribution in [-0.4, -0.2) is 71.9 Å². The summed E-state index contributed by atoms with van der Waals surface area (Å²) in [6, 6.07) is 19.9. The number of nitrogens with zero attached hydrogens (tertiary/aromatic N) is 6. The number of carbonyl (C=O) groups is 3. The molecule has 0 spiro atoms. The van der Waals surface area contributed by atoms with E-state index in [1.165, 1.54) is 6.92 Å². The van der Waals surface area contributed by atoms with Crippen LogP contribution in [-0.2, 0) is 38.4 Å². The van der Waals surface area contributed by atoms with E-state index in [9.17, 15) is 14.4 Å². The lowest BCUT2D eigenvalue weighted by atomic mass is 9.98. The molecule has 1 amide bonds. The zero-order valence-electron chi connectivity index (χ0n) is 30.2. The maximum atomic E-state index is 13.7. The first-order chi connectivity index (χ1) is 26.2. The second-order valence-corrected chi connectivity index (χ2v) is 13.7. The summed E-state index contributed by atoms with van der Waals surface area (Å²) in [4.78, 5) is 43.8. The van der Waals surface area contributed by atoms with Gasteiger partial charge < -0.3 is 19.5 Å². The number of benzene rings is 2. The highest BCUT2D eigenvalue weighted by molar-refractivity contribution is 6.31. The summed E-state index contributed by atoms with van der Waals surface area (Å²) in [5.41, 5.74) is 5.17. The van der Waals surface area contributed by atoms with Crippen molar-refractivity contribution in [3.8, 4) is 22.6 Å². The molecule has 1 fully saturated rings. The molecule has 0 saturated heterocycles. The molecule has 0 radical (unpaired) electrons. The lowest BCUT2D eigenvalue weighted by Crippen LogP contribution is -2.39. The van der Waals surface area contributed by atoms with E-state index in [0.29, 0.717) is 23.8 Å². The second-order valence-electron chi connectivity index (χ2n) is 13.2. The number of hydrogen-bond donors (Lipinski definition) is 2. The first kappa shape index (κ1) is 38.1. The molecular weight excluding hydrogens is 712 g/mol. The maximum absolute atomic E-state index is 13.7. The molecule has 1 saturated carbocycles. The summed E-state index contributed by atoms with van der Waals surface area (Å²) in [6.07, 6.45) is 5.78. The Morgan fingerprint density at radius 2 is 1.78 bits per heavy atom. The number of tetrazole rings is 1. The predicted octanol–water partition coefficient (Wildman–Crippen LogP) is 6.89. The lowest BCUT2D eigenvalue weighted by Gasteiger charge is -2.23. The van der Waals surface area contributed by atoms with Gasteiger partial charge in [-0.2, -0.15) is 5.10 Å². The summed E-state index contributed by atoms with van der Waals surface area (Å²) in [5, 5.41) is 22.4. The third-order valence-corrected chi connectivity index (χ3v) is 9.48. The van der Waals surface area contributed by atoms with E-state index in [0.717, 1.165) is 72.2 Å². The van der Waals surface area contributed by atoms with Gasteiger partial charge in [-0.3, -0.25) is 19.3 Å². The summed E-state index contributed by atoms with van der Waals surface area (Å²) in [7, 11) is 0. The van der Waals surface area contributed by atoms with E-state index in [4.69, 9.17) is 30.8 Å². The van der Waals surface area contributed by atoms with Crippen LogP contribution in [0.15, 0.2) is 72.9 Å². The molecule has 3 aromatic heterocycles. The van der Waals surface area contributed by atoms with Crippen LogP contribution in [0.2, 0.25) is 5.02 Å². The van der Waals surface area contributed by atoms with E-state index < -0.39 is 30.4 Å². The summed E-state index contributed by atoms with van der Waals surface area (Å²) in [5.74, 6) is -0.578. The molecule has 1 aliphatic rings. The van der Waals surface area contributed by atoms with Crippen molar-refractivity contribution in [2.75, 3.05) is 0 Å². The molecular formula is C39H43ClN8O6.